The van der Waals surface area contributed by atoms with Crippen molar-refractivity contribution in [2.24, 2.45) is 0 Å². The molecule has 0 fully saturated rings. The molecular formula is C16H20N4O2. The lowest BCUT2D eigenvalue weighted by Gasteiger charge is -2.10. The van der Waals surface area contributed by atoms with E-state index in [4.69, 9.17) is 4.74 Å². The van der Waals surface area contributed by atoms with E-state index in [0.29, 0.717) is 18.1 Å². The van der Waals surface area contributed by atoms with E-state index in [1.807, 2.05) is 45.0 Å². The first kappa shape index (κ1) is 15.8. The highest BCUT2D eigenvalue weighted by Gasteiger charge is 2.09. The molecule has 1 heterocycles. The molecule has 0 bridgehead atoms. The third-order valence-corrected chi connectivity index (χ3v) is 2.76. The normalized spacial score (nSPS) is 10.4. The van der Waals surface area contributed by atoms with E-state index in [2.05, 4.69) is 20.6 Å². The fourth-order valence-corrected chi connectivity index (χ4v) is 1.84. The molecule has 0 aliphatic heterocycles. The molecule has 22 heavy (non-hydrogen) atoms. The minimum Gasteiger partial charge on any atom is -0.494 e. The van der Waals surface area contributed by atoms with Crippen LogP contribution in [0.3, 0.4) is 0 Å². The van der Waals surface area contributed by atoms with E-state index in [1.165, 1.54) is 6.33 Å². The third-order valence-electron chi connectivity index (χ3n) is 2.76. The van der Waals surface area contributed by atoms with Gasteiger partial charge < -0.3 is 15.4 Å². The first-order valence-electron chi connectivity index (χ1n) is 7.21. The number of aromatic nitrogens is 2. The minimum absolute atomic E-state index is 0.0602. The molecule has 0 aliphatic carbocycles. The van der Waals surface area contributed by atoms with E-state index < -0.39 is 0 Å². The van der Waals surface area contributed by atoms with Gasteiger partial charge in [0.1, 0.15) is 23.6 Å². The monoisotopic (exact) mass is 300 g/mol. The van der Waals surface area contributed by atoms with Crippen LogP contribution >= 0.6 is 0 Å². The summed E-state index contributed by atoms with van der Waals surface area (Å²) in [6.07, 6.45) is 1.37. The van der Waals surface area contributed by atoms with Crippen LogP contribution < -0.4 is 15.4 Å². The lowest BCUT2D eigenvalue weighted by Crippen LogP contribution is -2.30. The van der Waals surface area contributed by atoms with Crippen molar-refractivity contribution >= 4 is 17.4 Å². The first-order chi connectivity index (χ1) is 10.6. The van der Waals surface area contributed by atoms with Crippen molar-refractivity contribution in [3.63, 3.8) is 0 Å². The number of anilines is 2. The van der Waals surface area contributed by atoms with Gasteiger partial charge in [-0.3, -0.25) is 4.79 Å². The number of carbonyl (C=O) groups excluding carboxylic acids is 1. The molecular weight excluding hydrogens is 280 g/mol. The Morgan fingerprint density at radius 2 is 1.95 bits per heavy atom. The minimum atomic E-state index is -0.216. The van der Waals surface area contributed by atoms with Gasteiger partial charge in [-0.15, -0.1) is 0 Å². The van der Waals surface area contributed by atoms with Crippen molar-refractivity contribution in [2.75, 3.05) is 11.9 Å². The van der Waals surface area contributed by atoms with Gasteiger partial charge in [-0.05, 0) is 45.0 Å². The second kappa shape index (κ2) is 7.40. The van der Waals surface area contributed by atoms with Crippen molar-refractivity contribution in [3.8, 4) is 5.75 Å². The lowest BCUT2D eigenvalue weighted by molar-refractivity contribution is 0.0938. The van der Waals surface area contributed by atoms with Gasteiger partial charge in [0.25, 0.3) is 5.91 Å². The fourth-order valence-electron chi connectivity index (χ4n) is 1.84. The predicted molar refractivity (Wildman–Crippen MR) is 85.5 cm³/mol. The number of carbonyl (C=O) groups is 1. The molecule has 1 aromatic heterocycles. The summed E-state index contributed by atoms with van der Waals surface area (Å²) in [4.78, 5) is 20.0. The Labute approximate surface area is 129 Å². The highest BCUT2D eigenvalue weighted by Crippen LogP contribution is 2.19. The summed E-state index contributed by atoms with van der Waals surface area (Å²) < 4.78 is 5.39. The largest absolute Gasteiger partial charge is 0.494 e. The summed E-state index contributed by atoms with van der Waals surface area (Å²) in [5, 5.41) is 5.93. The number of benzene rings is 1. The standard InChI is InChI=1S/C16H20N4O2/c1-4-22-13-7-5-12(6-8-13)20-15-9-14(17-10-18-15)16(21)19-11(2)3/h5-11H,4H2,1-3H3,(H,19,21)(H,17,18,20). The Balaban J connectivity index is 2.08. The number of amides is 1. The number of hydrogen-bond donors (Lipinski definition) is 2. The van der Waals surface area contributed by atoms with Crippen LogP contribution in [0.1, 0.15) is 31.3 Å². The summed E-state index contributed by atoms with van der Waals surface area (Å²) in [7, 11) is 0. The Bertz CT molecular complexity index is 626. The van der Waals surface area contributed by atoms with Crippen LogP contribution in [0.2, 0.25) is 0 Å². The second-order valence-corrected chi connectivity index (χ2v) is 5.00. The zero-order chi connectivity index (χ0) is 15.9. The number of rotatable bonds is 6. The van der Waals surface area contributed by atoms with Gasteiger partial charge in [-0.2, -0.15) is 0 Å². The summed E-state index contributed by atoms with van der Waals surface area (Å²) in [5.41, 5.74) is 1.19. The molecule has 2 rings (SSSR count). The van der Waals surface area contributed by atoms with Gasteiger partial charge in [-0.1, -0.05) is 0 Å². The van der Waals surface area contributed by atoms with Crippen LogP contribution in [-0.2, 0) is 0 Å². The summed E-state index contributed by atoms with van der Waals surface area (Å²) in [6.45, 7) is 6.38. The molecule has 0 aliphatic rings. The Morgan fingerprint density at radius 1 is 1.23 bits per heavy atom. The average molecular weight is 300 g/mol. The van der Waals surface area contributed by atoms with Crippen molar-refractivity contribution < 1.29 is 9.53 Å². The molecule has 0 saturated heterocycles. The number of nitrogens with one attached hydrogen (secondary N) is 2. The van der Waals surface area contributed by atoms with Gasteiger partial charge in [0, 0.05) is 17.8 Å². The molecule has 0 atom stereocenters. The van der Waals surface area contributed by atoms with E-state index >= 15 is 0 Å². The van der Waals surface area contributed by atoms with Crippen molar-refractivity contribution in [3.05, 3.63) is 42.4 Å². The Hall–Kier alpha value is -2.63. The molecule has 6 nitrogen and oxygen atoms in total. The molecule has 2 N–H and O–H groups in total. The summed E-state index contributed by atoms with van der Waals surface area (Å²) in [6, 6.07) is 9.21. The Kier molecular flexibility index (Phi) is 5.30. The topological polar surface area (TPSA) is 76.1 Å². The maximum atomic E-state index is 11.9. The highest BCUT2D eigenvalue weighted by atomic mass is 16.5. The SMILES string of the molecule is CCOc1ccc(Nc2cc(C(=O)NC(C)C)ncn2)cc1. The zero-order valence-electron chi connectivity index (χ0n) is 13.0. The maximum Gasteiger partial charge on any atom is 0.270 e. The van der Waals surface area contributed by atoms with E-state index in [1.54, 1.807) is 6.07 Å². The maximum absolute atomic E-state index is 11.9. The molecule has 0 saturated carbocycles. The molecule has 0 radical (unpaired) electrons. The average Bonchev–Trinajstić information content (AvgIpc) is 2.49. The van der Waals surface area contributed by atoms with E-state index in [0.717, 1.165) is 11.4 Å². The van der Waals surface area contributed by atoms with Gasteiger partial charge in [-0.25, -0.2) is 9.97 Å². The molecule has 6 heteroatoms. The van der Waals surface area contributed by atoms with Gasteiger partial charge in [0.15, 0.2) is 0 Å². The molecule has 1 amide bonds. The van der Waals surface area contributed by atoms with Gasteiger partial charge >= 0.3 is 0 Å². The molecule has 2 aromatic rings. The van der Waals surface area contributed by atoms with Crippen LogP contribution in [0.4, 0.5) is 11.5 Å². The molecule has 0 spiro atoms. The Morgan fingerprint density at radius 3 is 2.59 bits per heavy atom. The molecule has 116 valence electrons. The van der Waals surface area contributed by atoms with Crippen molar-refractivity contribution in [1.29, 1.82) is 0 Å². The predicted octanol–water partition coefficient (Wildman–Crippen LogP) is 2.76. The van der Waals surface area contributed by atoms with Crippen molar-refractivity contribution in [1.82, 2.24) is 15.3 Å². The quantitative estimate of drug-likeness (QED) is 0.858. The van der Waals surface area contributed by atoms with Gasteiger partial charge in [0.05, 0.1) is 6.61 Å². The number of ether oxygens (including phenoxy) is 1. The van der Waals surface area contributed by atoms with Crippen LogP contribution in [-0.4, -0.2) is 28.5 Å². The van der Waals surface area contributed by atoms with Crippen LogP contribution in [0.5, 0.6) is 5.75 Å². The lowest BCUT2D eigenvalue weighted by atomic mass is 10.3. The fraction of sp³-hybridized carbons (Fsp3) is 0.312. The van der Waals surface area contributed by atoms with Gasteiger partial charge in [0.2, 0.25) is 0 Å². The number of nitrogens with zero attached hydrogens (tertiary/aromatic N) is 2. The van der Waals surface area contributed by atoms with E-state index in [9.17, 15) is 4.79 Å². The van der Waals surface area contributed by atoms with Crippen LogP contribution in [0.15, 0.2) is 36.7 Å². The zero-order valence-corrected chi connectivity index (χ0v) is 13.0. The second-order valence-electron chi connectivity index (χ2n) is 5.00. The van der Waals surface area contributed by atoms with E-state index in [-0.39, 0.29) is 11.9 Å². The number of hydrogen-bond acceptors (Lipinski definition) is 5. The van der Waals surface area contributed by atoms with Crippen LogP contribution in [0.25, 0.3) is 0 Å². The molecule has 1 aromatic carbocycles. The highest BCUT2D eigenvalue weighted by molar-refractivity contribution is 5.93. The summed E-state index contributed by atoms with van der Waals surface area (Å²) in [5.74, 6) is 1.16. The summed E-state index contributed by atoms with van der Waals surface area (Å²) >= 11 is 0. The third kappa shape index (κ3) is 4.44. The first-order valence-corrected chi connectivity index (χ1v) is 7.21. The smallest absolute Gasteiger partial charge is 0.270 e. The van der Waals surface area contributed by atoms with Crippen molar-refractivity contribution in [2.45, 2.75) is 26.8 Å². The van der Waals surface area contributed by atoms with Crippen LogP contribution in [0, 0.1) is 0 Å². The molecule has 0 unspecified atom stereocenters.